The zero-order valence-corrected chi connectivity index (χ0v) is 14.0. The Morgan fingerprint density at radius 3 is 2.76 bits per heavy atom. The lowest BCUT2D eigenvalue weighted by molar-refractivity contribution is 0.249. The van der Waals surface area contributed by atoms with E-state index in [0.717, 1.165) is 11.3 Å². The molecule has 1 unspecified atom stereocenters. The Morgan fingerprint density at radius 2 is 2.00 bits per heavy atom. The number of hydrogen-bond acceptors (Lipinski definition) is 3. The number of pyridine rings is 1. The summed E-state index contributed by atoms with van der Waals surface area (Å²) < 4.78 is 3.16. The van der Waals surface area contributed by atoms with Gasteiger partial charge >= 0.3 is 6.03 Å². The van der Waals surface area contributed by atoms with Crippen LogP contribution in [-0.4, -0.2) is 20.4 Å². The van der Waals surface area contributed by atoms with Crippen LogP contribution in [0.25, 0.3) is 5.69 Å². The number of benzene rings is 1. The number of aryl methyl sites for hydroxylation is 1. The molecule has 0 bridgehead atoms. The average molecular weight is 337 g/mol. The van der Waals surface area contributed by atoms with E-state index in [9.17, 15) is 9.59 Å². The van der Waals surface area contributed by atoms with Crippen molar-refractivity contribution in [3.8, 4) is 5.69 Å². The van der Waals surface area contributed by atoms with Crippen LogP contribution >= 0.6 is 0 Å². The number of anilines is 1. The van der Waals surface area contributed by atoms with Gasteiger partial charge in [0.1, 0.15) is 5.69 Å². The largest absolute Gasteiger partial charge is 0.331 e. The first-order valence-corrected chi connectivity index (χ1v) is 7.88. The fourth-order valence-electron chi connectivity index (χ4n) is 2.49. The van der Waals surface area contributed by atoms with Gasteiger partial charge in [-0.25, -0.2) is 9.48 Å². The minimum absolute atomic E-state index is 0.233. The lowest BCUT2D eigenvalue weighted by Crippen LogP contribution is -2.33. The highest BCUT2D eigenvalue weighted by Gasteiger charge is 2.12. The summed E-state index contributed by atoms with van der Waals surface area (Å²) in [6, 6.07) is 12.2. The first-order valence-electron chi connectivity index (χ1n) is 7.88. The predicted octanol–water partition coefficient (Wildman–Crippen LogP) is 2.45. The SMILES string of the molecule is CC(NC(=O)Nc1cccn(C)c1=O)c1cccc(-n2cccn2)c1. The Morgan fingerprint density at radius 1 is 1.16 bits per heavy atom. The molecule has 0 radical (unpaired) electrons. The monoisotopic (exact) mass is 337 g/mol. The maximum absolute atomic E-state index is 12.2. The van der Waals surface area contributed by atoms with Gasteiger partial charge in [-0.15, -0.1) is 0 Å². The van der Waals surface area contributed by atoms with Crippen LogP contribution in [0, 0.1) is 0 Å². The van der Waals surface area contributed by atoms with E-state index < -0.39 is 6.03 Å². The summed E-state index contributed by atoms with van der Waals surface area (Å²) in [5, 5.41) is 9.63. The van der Waals surface area contributed by atoms with Gasteiger partial charge < -0.3 is 15.2 Å². The highest BCUT2D eigenvalue weighted by molar-refractivity contribution is 5.89. The van der Waals surface area contributed by atoms with Crippen molar-refractivity contribution in [2.75, 3.05) is 5.32 Å². The Hall–Kier alpha value is -3.35. The van der Waals surface area contributed by atoms with Gasteiger partial charge in [0.15, 0.2) is 0 Å². The van der Waals surface area contributed by atoms with Crippen molar-refractivity contribution in [3.05, 3.63) is 77.0 Å². The Balaban J connectivity index is 1.70. The second kappa shape index (κ2) is 7.04. The molecule has 128 valence electrons. The molecule has 3 aromatic rings. The lowest BCUT2D eigenvalue weighted by Gasteiger charge is -2.16. The molecule has 0 fully saturated rings. The van der Waals surface area contributed by atoms with Crippen LogP contribution in [0.2, 0.25) is 0 Å². The van der Waals surface area contributed by atoms with E-state index in [1.165, 1.54) is 4.57 Å². The van der Waals surface area contributed by atoms with Crippen LogP contribution in [-0.2, 0) is 7.05 Å². The Kier molecular flexibility index (Phi) is 4.65. The molecule has 3 rings (SSSR count). The predicted molar refractivity (Wildman–Crippen MR) is 95.8 cm³/mol. The molecule has 7 heteroatoms. The van der Waals surface area contributed by atoms with Crippen LogP contribution in [0.5, 0.6) is 0 Å². The lowest BCUT2D eigenvalue weighted by atomic mass is 10.1. The molecule has 2 N–H and O–H groups in total. The molecule has 0 aliphatic carbocycles. The summed E-state index contributed by atoms with van der Waals surface area (Å²) in [5.41, 5.74) is 1.82. The standard InChI is InChI=1S/C18H19N5O2/c1-13(14-6-3-7-15(12-14)23-11-5-9-19-23)20-18(25)21-16-8-4-10-22(2)17(16)24/h3-13H,1-2H3,(H2,20,21,25). The second-order valence-corrected chi connectivity index (χ2v) is 5.70. The van der Waals surface area contributed by atoms with Crippen molar-refractivity contribution in [1.29, 1.82) is 0 Å². The maximum Gasteiger partial charge on any atom is 0.319 e. The smallest absolute Gasteiger partial charge is 0.319 e. The molecule has 0 saturated heterocycles. The molecular formula is C18H19N5O2. The fraction of sp³-hybridized carbons (Fsp3) is 0.167. The third-order valence-electron chi connectivity index (χ3n) is 3.86. The molecule has 25 heavy (non-hydrogen) atoms. The molecule has 2 heterocycles. The number of carbonyl (C=O) groups is 1. The zero-order valence-electron chi connectivity index (χ0n) is 14.0. The van der Waals surface area contributed by atoms with Gasteiger partial charge in [-0.2, -0.15) is 5.10 Å². The number of carbonyl (C=O) groups excluding carboxylic acids is 1. The van der Waals surface area contributed by atoms with Gasteiger partial charge in [-0.05, 0) is 42.8 Å². The molecule has 1 atom stereocenters. The van der Waals surface area contributed by atoms with E-state index in [-0.39, 0.29) is 17.3 Å². The molecule has 0 saturated carbocycles. The number of nitrogens with zero attached hydrogens (tertiary/aromatic N) is 3. The van der Waals surface area contributed by atoms with Crippen molar-refractivity contribution in [1.82, 2.24) is 19.7 Å². The molecule has 7 nitrogen and oxygen atoms in total. The van der Waals surface area contributed by atoms with Crippen LogP contribution < -0.4 is 16.2 Å². The quantitative estimate of drug-likeness (QED) is 0.767. The van der Waals surface area contributed by atoms with Crippen molar-refractivity contribution < 1.29 is 4.79 Å². The van der Waals surface area contributed by atoms with E-state index >= 15 is 0 Å². The molecule has 0 aliphatic heterocycles. The van der Waals surface area contributed by atoms with Crippen molar-refractivity contribution in [2.24, 2.45) is 7.05 Å². The van der Waals surface area contributed by atoms with Gasteiger partial charge in [-0.3, -0.25) is 4.79 Å². The topological polar surface area (TPSA) is 81.0 Å². The average Bonchev–Trinajstić information content (AvgIpc) is 3.14. The molecule has 0 spiro atoms. The summed E-state index contributed by atoms with van der Waals surface area (Å²) in [4.78, 5) is 24.1. The summed E-state index contributed by atoms with van der Waals surface area (Å²) >= 11 is 0. The summed E-state index contributed by atoms with van der Waals surface area (Å²) in [5.74, 6) is 0. The number of aromatic nitrogens is 3. The van der Waals surface area contributed by atoms with Gasteiger partial charge in [0.25, 0.3) is 5.56 Å². The number of rotatable bonds is 4. The minimum atomic E-state index is -0.430. The molecule has 0 aliphatic rings. The molecule has 1 aromatic carbocycles. The fourth-order valence-corrected chi connectivity index (χ4v) is 2.49. The van der Waals surface area contributed by atoms with Gasteiger partial charge in [0.05, 0.1) is 11.7 Å². The van der Waals surface area contributed by atoms with Crippen LogP contribution in [0.4, 0.5) is 10.5 Å². The van der Waals surface area contributed by atoms with Gasteiger partial charge in [-0.1, -0.05) is 12.1 Å². The molecule has 2 amide bonds. The van der Waals surface area contributed by atoms with Crippen molar-refractivity contribution in [2.45, 2.75) is 13.0 Å². The number of urea groups is 1. The normalized spacial score (nSPS) is 11.8. The van der Waals surface area contributed by atoms with E-state index in [1.807, 2.05) is 43.5 Å². The van der Waals surface area contributed by atoms with E-state index in [1.54, 1.807) is 36.3 Å². The van der Waals surface area contributed by atoms with E-state index in [4.69, 9.17) is 0 Å². The summed E-state index contributed by atoms with van der Waals surface area (Å²) in [6.45, 7) is 1.88. The first kappa shape index (κ1) is 16.5. The van der Waals surface area contributed by atoms with Crippen LogP contribution in [0.15, 0.2) is 65.8 Å². The van der Waals surface area contributed by atoms with Crippen LogP contribution in [0.3, 0.4) is 0 Å². The number of amides is 2. The number of nitrogens with one attached hydrogen (secondary N) is 2. The van der Waals surface area contributed by atoms with Crippen molar-refractivity contribution >= 4 is 11.7 Å². The second-order valence-electron chi connectivity index (χ2n) is 5.70. The highest BCUT2D eigenvalue weighted by Crippen LogP contribution is 2.16. The molecular weight excluding hydrogens is 318 g/mol. The van der Waals surface area contributed by atoms with E-state index in [2.05, 4.69) is 15.7 Å². The number of hydrogen-bond donors (Lipinski definition) is 2. The van der Waals surface area contributed by atoms with Crippen LogP contribution in [0.1, 0.15) is 18.5 Å². The summed E-state index contributed by atoms with van der Waals surface area (Å²) in [7, 11) is 1.63. The minimum Gasteiger partial charge on any atom is -0.331 e. The highest BCUT2D eigenvalue weighted by atomic mass is 16.2. The van der Waals surface area contributed by atoms with E-state index in [0.29, 0.717) is 0 Å². The van der Waals surface area contributed by atoms with Gasteiger partial charge in [0.2, 0.25) is 0 Å². The Labute approximate surface area is 144 Å². The first-order chi connectivity index (χ1) is 12.0. The van der Waals surface area contributed by atoms with Crippen molar-refractivity contribution in [3.63, 3.8) is 0 Å². The zero-order chi connectivity index (χ0) is 17.8. The van der Waals surface area contributed by atoms with Gasteiger partial charge in [0, 0.05) is 25.6 Å². The summed E-state index contributed by atoms with van der Waals surface area (Å²) in [6.07, 6.45) is 5.20. The molecule has 2 aromatic heterocycles. The Bertz CT molecular complexity index is 931. The third kappa shape index (κ3) is 3.77. The third-order valence-corrected chi connectivity index (χ3v) is 3.86. The maximum atomic E-state index is 12.2.